The molecule has 0 aliphatic carbocycles. The molecular weight excluding hydrogens is 570 g/mol. The SMILES string of the molecule is Cc1ccc(Nc2nc(Nc3cc(S(=O)(=O)O)ccc3S(=O)(=O)O)nc(N(C)C3CC(C)(C)NC(C)(C)C3)n2)cc1. The van der Waals surface area contributed by atoms with E-state index in [1.807, 2.05) is 43.1 Å². The Morgan fingerprint density at radius 3 is 1.95 bits per heavy atom. The topological polar surface area (TPSA) is 187 Å². The van der Waals surface area contributed by atoms with Gasteiger partial charge in [-0.15, -0.1) is 0 Å². The van der Waals surface area contributed by atoms with Crippen molar-refractivity contribution in [1.29, 1.82) is 0 Å². The molecular formula is C26H35N7O6S2. The summed E-state index contributed by atoms with van der Waals surface area (Å²) in [7, 11) is -7.62. The van der Waals surface area contributed by atoms with Crippen LogP contribution < -0.4 is 20.9 Å². The summed E-state index contributed by atoms with van der Waals surface area (Å²) in [4.78, 5) is 14.2. The van der Waals surface area contributed by atoms with Gasteiger partial charge in [0.1, 0.15) is 4.90 Å². The predicted molar refractivity (Wildman–Crippen MR) is 156 cm³/mol. The molecule has 1 aliphatic rings. The number of nitrogens with one attached hydrogen (secondary N) is 3. The first-order chi connectivity index (χ1) is 18.8. The van der Waals surface area contributed by atoms with E-state index in [2.05, 4.69) is 58.6 Å². The smallest absolute Gasteiger partial charge is 0.296 e. The van der Waals surface area contributed by atoms with Gasteiger partial charge in [0.05, 0.1) is 10.6 Å². The third-order valence-corrected chi connectivity index (χ3v) is 8.50. The second-order valence-electron chi connectivity index (χ2n) is 11.6. The van der Waals surface area contributed by atoms with Gasteiger partial charge in [0.2, 0.25) is 17.8 Å². The fraction of sp³-hybridized carbons (Fsp3) is 0.423. The van der Waals surface area contributed by atoms with Crippen LogP contribution in [0.15, 0.2) is 52.3 Å². The second kappa shape index (κ2) is 10.8. The number of hydrogen-bond acceptors (Lipinski definition) is 11. The molecule has 4 rings (SSSR count). The Morgan fingerprint density at radius 2 is 1.41 bits per heavy atom. The Kier molecular flexibility index (Phi) is 8.05. The second-order valence-corrected chi connectivity index (χ2v) is 14.4. The number of anilines is 5. The molecule has 15 heteroatoms. The Bertz CT molecular complexity index is 1640. The Balaban J connectivity index is 1.80. The molecule has 13 nitrogen and oxygen atoms in total. The molecule has 1 aliphatic heterocycles. The molecule has 2 aromatic carbocycles. The van der Waals surface area contributed by atoms with E-state index in [0.29, 0.717) is 5.69 Å². The number of piperidine rings is 1. The van der Waals surface area contributed by atoms with Crippen molar-refractivity contribution in [3.05, 3.63) is 48.0 Å². The minimum absolute atomic E-state index is 0.0277. The number of rotatable bonds is 8. The van der Waals surface area contributed by atoms with Crippen LogP contribution in [0.5, 0.6) is 0 Å². The van der Waals surface area contributed by atoms with Crippen LogP contribution in [-0.2, 0) is 20.2 Å². The van der Waals surface area contributed by atoms with Crippen LogP contribution in [0, 0.1) is 6.92 Å². The van der Waals surface area contributed by atoms with Crippen LogP contribution >= 0.6 is 0 Å². The maximum atomic E-state index is 12.1. The molecule has 1 saturated heterocycles. The predicted octanol–water partition coefficient (Wildman–Crippen LogP) is 3.91. The summed E-state index contributed by atoms with van der Waals surface area (Å²) in [6, 6.07) is 10.1. The van der Waals surface area contributed by atoms with Crippen LogP contribution in [0.3, 0.4) is 0 Å². The zero-order valence-electron chi connectivity index (χ0n) is 23.7. The van der Waals surface area contributed by atoms with E-state index >= 15 is 0 Å². The zero-order valence-corrected chi connectivity index (χ0v) is 25.3. The number of benzene rings is 2. The average Bonchev–Trinajstić information content (AvgIpc) is 2.81. The first-order valence-electron chi connectivity index (χ1n) is 12.8. The molecule has 1 aromatic heterocycles. The molecule has 0 atom stereocenters. The van der Waals surface area contributed by atoms with Crippen molar-refractivity contribution < 1.29 is 25.9 Å². The van der Waals surface area contributed by atoms with E-state index < -0.39 is 30.0 Å². The standard InChI is InChI=1S/C26H35N7O6S2/c1-16-7-9-17(10-8-16)27-22-29-23(28-20-13-19(40(34,35)36)11-12-21(20)41(37,38)39)31-24(30-22)33(6)18-14-25(2,3)32-26(4,5)15-18/h7-13,18,32H,14-15H2,1-6H3,(H,34,35,36)(H,37,38,39)(H2,27,28,29,30,31). The highest BCUT2D eigenvalue weighted by Crippen LogP contribution is 2.33. The molecule has 0 spiro atoms. The maximum Gasteiger partial charge on any atom is 0.296 e. The van der Waals surface area contributed by atoms with Crippen LogP contribution in [0.25, 0.3) is 0 Å². The molecule has 1 fully saturated rings. The minimum Gasteiger partial charge on any atom is -0.341 e. The summed E-state index contributed by atoms with van der Waals surface area (Å²) < 4.78 is 66.9. The van der Waals surface area contributed by atoms with Crippen molar-refractivity contribution in [2.45, 2.75) is 74.4 Å². The number of hydrogen-bond donors (Lipinski definition) is 5. The van der Waals surface area contributed by atoms with Crippen molar-refractivity contribution in [2.75, 3.05) is 22.6 Å². The first kappa shape index (κ1) is 30.6. The highest BCUT2D eigenvalue weighted by atomic mass is 32.2. The fourth-order valence-electron chi connectivity index (χ4n) is 5.22. The van der Waals surface area contributed by atoms with Gasteiger partial charge in [-0.2, -0.15) is 31.8 Å². The highest BCUT2D eigenvalue weighted by Gasteiger charge is 2.40. The van der Waals surface area contributed by atoms with E-state index in [1.165, 1.54) is 0 Å². The molecule has 0 unspecified atom stereocenters. The third kappa shape index (κ3) is 7.68. The summed E-state index contributed by atoms with van der Waals surface area (Å²) in [5, 5.41) is 9.47. The number of aromatic nitrogens is 3. The van der Waals surface area contributed by atoms with Gasteiger partial charge >= 0.3 is 0 Å². The van der Waals surface area contributed by atoms with Crippen molar-refractivity contribution in [3.8, 4) is 0 Å². The highest BCUT2D eigenvalue weighted by molar-refractivity contribution is 7.86. The van der Waals surface area contributed by atoms with Gasteiger partial charge in [0.25, 0.3) is 20.2 Å². The summed E-state index contributed by atoms with van der Waals surface area (Å²) in [6.45, 7) is 10.5. The lowest BCUT2D eigenvalue weighted by molar-refractivity contribution is 0.160. The van der Waals surface area contributed by atoms with Crippen molar-refractivity contribution in [1.82, 2.24) is 20.3 Å². The average molecular weight is 606 g/mol. The zero-order chi connectivity index (χ0) is 30.4. The lowest BCUT2D eigenvalue weighted by Crippen LogP contribution is -2.62. The van der Waals surface area contributed by atoms with E-state index in [9.17, 15) is 25.9 Å². The normalized spacial score (nSPS) is 17.2. The monoisotopic (exact) mass is 605 g/mol. The largest absolute Gasteiger partial charge is 0.341 e. The maximum absolute atomic E-state index is 12.1. The van der Waals surface area contributed by atoms with Crippen molar-refractivity contribution in [2.24, 2.45) is 0 Å². The molecule has 0 radical (unpaired) electrons. The molecule has 0 amide bonds. The van der Waals surface area contributed by atoms with Crippen LogP contribution in [0.1, 0.15) is 46.1 Å². The summed E-state index contributed by atoms with van der Waals surface area (Å²) in [6.07, 6.45) is 1.57. The van der Waals surface area contributed by atoms with Gasteiger partial charge in [-0.3, -0.25) is 9.11 Å². The summed E-state index contributed by atoms with van der Waals surface area (Å²) >= 11 is 0. The van der Waals surface area contributed by atoms with Gasteiger partial charge < -0.3 is 20.9 Å². The minimum atomic E-state index is -4.79. The van der Waals surface area contributed by atoms with Gasteiger partial charge in [-0.1, -0.05) is 17.7 Å². The lowest BCUT2D eigenvalue weighted by atomic mass is 9.79. The molecule has 222 valence electrons. The van der Waals surface area contributed by atoms with E-state index in [4.69, 9.17) is 0 Å². The lowest BCUT2D eigenvalue weighted by Gasteiger charge is -2.48. The Labute approximate surface area is 240 Å². The molecule has 5 N–H and O–H groups in total. The van der Waals surface area contributed by atoms with Gasteiger partial charge in [-0.25, -0.2) is 0 Å². The van der Waals surface area contributed by atoms with Crippen molar-refractivity contribution in [3.63, 3.8) is 0 Å². The Morgan fingerprint density at radius 1 is 0.854 bits per heavy atom. The van der Waals surface area contributed by atoms with E-state index in [0.717, 1.165) is 36.6 Å². The number of nitrogens with zero attached hydrogens (tertiary/aromatic N) is 4. The van der Waals surface area contributed by atoms with Crippen LogP contribution in [0.2, 0.25) is 0 Å². The fourth-order valence-corrected chi connectivity index (χ4v) is 6.35. The molecule has 0 saturated carbocycles. The number of aryl methyl sites for hydroxylation is 1. The molecule has 3 aromatic rings. The summed E-state index contributed by atoms with van der Waals surface area (Å²) in [5.74, 6) is 0.288. The first-order valence-corrected chi connectivity index (χ1v) is 15.7. The quantitative estimate of drug-likeness (QED) is 0.233. The van der Waals surface area contributed by atoms with Crippen LogP contribution in [0.4, 0.5) is 29.2 Å². The van der Waals surface area contributed by atoms with E-state index in [-0.39, 0.29) is 40.7 Å². The summed E-state index contributed by atoms with van der Waals surface area (Å²) in [5.41, 5.74) is 1.06. The third-order valence-electron chi connectivity index (χ3n) is 6.74. The van der Waals surface area contributed by atoms with Gasteiger partial charge in [0.15, 0.2) is 0 Å². The van der Waals surface area contributed by atoms with Gasteiger partial charge in [-0.05, 0) is 77.8 Å². The van der Waals surface area contributed by atoms with Crippen molar-refractivity contribution >= 4 is 49.5 Å². The Hall–Kier alpha value is -3.37. The van der Waals surface area contributed by atoms with E-state index in [1.54, 1.807) is 0 Å². The van der Waals surface area contributed by atoms with Gasteiger partial charge in [0, 0.05) is 29.9 Å². The van der Waals surface area contributed by atoms with Crippen LogP contribution in [-0.4, -0.2) is 65.1 Å². The molecule has 41 heavy (non-hydrogen) atoms. The molecule has 0 bridgehead atoms. The molecule has 2 heterocycles.